The summed E-state index contributed by atoms with van der Waals surface area (Å²) in [6.45, 7) is 6.85. The molecule has 3 aromatic carbocycles. The van der Waals surface area contributed by atoms with Gasteiger partial charge in [0.25, 0.3) is 0 Å². The molecule has 0 aliphatic heterocycles. The van der Waals surface area contributed by atoms with Crippen molar-refractivity contribution in [2.24, 2.45) is 0 Å². The van der Waals surface area contributed by atoms with Crippen LogP contribution in [0.5, 0.6) is 11.5 Å². The number of fused-ring (bicyclic) bond motifs is 1. The Morgan fingerprint density at radius 3 is 2.48 bits per heavy atom. The zero-order chi connectivity index (χ0) is 23.4. The summed E-state index contributed by atoms with van der Waals surface area (Å²) < 4.78 is 13.0. The molecule has 0 bridgehead atoms. The van der Waals surface area contributed by atoms with Crippen LogP contribution in [-0.4, -0.2) is 22.8 Å². The second-order valence-electron chi connectivity index (χ2n) is 7.93. The van der Waals surface area contributed by atoms with Gasteiger partial charge in [-0.1, -0.05) is 56.2 Å². The molecule has 0 spiro atoms. The van der Waals surface area contributed by atoms with Crippen LogP contribution in [0, 0.1) is 12.3 Å². The number of terminal acetylenes is 1. The molecule has 0 aliphatic rings. The lowest BCUT2D eigenvalue weighted by Gasteiger charge is -2.17. The molecule has 1 aromatic heterocycles. The summed E-state index contributed by atoms with van der Waals surface area (Å²) in [6, 6.07) is 21.2. The minimum absolute atomic E-state index is 0.157. The first-order valence-corrected chi connectivity index (χ1v) is 11.0. The molecule has 166 valence electrons. The van der Waals surface area contributed by atoms with Gasteiger partial charge in [-0.2, -0.15) is 4.98 Å². The SMILES string of the molecule is C#CCOc1ccc2c(c1)c(-c1ccc(C(C)C)cc1)nc(=O)n2-c1ccccc1OCC. The van der Waals surface area contributed by atoms with Gasteiger partial charge in [0, 0.05) is 10.9 Å². The number of hydrogen-bond donors (Lipinski definition) is 0. The number of hydrogen-bond acceptors (Lipinski definition) is 4. The first-order valence-electron chi connectivity index (χ1n) is 11.0. The van der Waals surface area contributed by atoms with E-state index in [0.717, 1.165) is 10.9 Å². The Balaban J connectivity index is 1.99. The summed E-state index contributed by atoms with van der Waals surface area (Å²) >= 11 is 0. The maximum absolute atomic E-state index is 13.4. The summed E-state index contributed by atoms with van der Waals surface area (Å²) in [4.78, 5) is 17.9. The van der Waals surface area contributed by atoms with Crippen molar-refractivity contribution in [1.82, 2.24) is 9.55 Å². The van der Waals surface area contributed by atoms with Crippen LogP contribution in [0.15, 0.2) is 71.5 Å². The molecule has 0 aliphatic carbocycles. The van der Waals surface area contributed by atoms with Crippen LogP contribution in [0.3, 0.4) is 0 Å². The standard InChI is InChI=1S/C28H26N2O3/c1-5-17-33-22-15-16-24-23(18-22)27(21-13-11-20(12-14-21)19(3)4)29-28(31)30(24)25-9-7-8-10-26(25)32-6-2/h1,7-16,18-19H,6,17H2,2-4H3. The summed E-state index contributed by atoms with van der Waals surface area (Å²) in [5.74, 6) is 4.13. The number of ether oxygens (including phenoxy) is 2. The topological polar surface area (TPSA) is 53.3 Å². The Morgan fingerprint density at radius 2 is 1.79 bits per heavy atom. The van der Waals surface area contributed by atoms with Crippen molar-refractivity contribution in [2.75, 3.05) is 13.2 Å². The highest BCUT2D eigenvalue weighted by atomic mass is 16.5. The van der Waals surface area contributed by atoms with Gasteiger partial charge < -0.3 is 9.47 Å². The van der Waals surface area contributed by atoms with Gasteiger partial charge in [0.05, 0.1) is 23.5 Å². The largest absolute Gasteiger partial charge is 0.492 e. The normalized spacial score (nSPS) is 10.9. The van der Waals surface area contributed by atoms with Crippen molar-refractivity contribution in [2.45, 2.75) is 26.7 Å². The van der Waals surface area contributed by atoms with Crippen LogP contribution in [0.1, 0.15) is 32.3 Å². The molecule has 0 amide bonds. The maximum atomic E-state index is 13.4. The monoisotopic (exact) mass is 438 g/mol. The lowest BCUT2D eigenvalue weighted by atomic mass is 9.99. The van der Waals surface area contributed by atoms with E-state index in [-0.39, 0.29) is 12.3 Å². The fraction of sp³-hybridized carbons (Fsp3) is 0.214. The highest BCUT2D eigenvalue weighted by molar-refractivity contribution is 5.94. The fourth-order valence-corrected chi connectivity index (χ4v) is 3.82. The Kier molecular flexibility index (Phi) is 6.46. The third kappa shape index (κ3) is 4.47. The Hall–Kier alpha value is -4.04. The van der Waals surface area contributed by atoms with Crippen molar-refractivity contribution in [3.05, 3.63) is 82.8 Å². The van der Waals surface area contributed by atoms with Crippen LogP contribution in [-0.2, 0) is 0 Å². The van der Waals surface area contributed by atoms with Gasteiger partial charge in [-0.25, -0.2) is 4.79 Å². The van der Waals surface area contributed by atoms with Crippen molar-refractivity contribution in [3.63, 3.8) is 0 Å². The minimum Gasteiger partial charge on any atom is -0.492 e. The summed E-state index contributed by atoms with van der Waals surface area (Å²) in [5.41, 5.74) is 3.65. The van der Waals surface area contributed by atoms with Crippen molar-refractivity contribution in [3.8, 4) is 40.8 Å². The first-order chi connectivity index (χ1) is 16.0. The molecule has 0 N–H and O–H groups in total. The predicted molar refractivity (Wildman–Crippen MR) is 132 cm³/mol. The third-order valence-corrected chi connectivity index (χ3v) is 5.44. The second kappa shape index (κ2) is 9.62. The summed E-state index contributed by atoms with van der Waals surface area (Å²) in [5, 5.41) is 0.785. The zero-order valence-corrected chi connectivity index (χ0v) is 19.0. The smallest absolute Gasteiger partial charge is 0.353 e. The van der Waals surface area contributed by atoms with Crippen LogP contribution in [0.4, 0.5) is 0 Å². The van der Waals surface area contributed by atoms with Gasteiger partial charge in [0.2, 0.25) is 0 Å². The lowest BCUT2D eigenvalue weighted by Crippen LogP contribution is -2.23. The average molecular weight is 439 g/mol. The van der Waals surface area contributed by atoms with E-state index in [9.17, 15) is 4.79 Å². The van der Waals surface area contributed by atoms with E-state index in [0.29, 0.717) is 40.9 Å². The van der Waals surface area contributed by atoms with Crippen LogP contribution in [0.25, 0.3) is 27.8 Å². The molecule has 5 heteroatoms. The molecule has 4 aromatic rings. The van der Waals surface area contributed by atoms with E-state index in [4.69, 9.17) is 15.9 Å². The Bertz CT molecular complexity index is 1380. The van der Waals surface area contributed by atoms with E-state index >= 15 is 0 Å². The third-order valence-electron chi connectivity index (χ3n) is 5.44. The number of para-hydroxylation sites is 2. The van der Waals surface area contributed by atoms with E-state index in [1.54, 1.807) is 4.57 Å². The highest BCUT2D eigenvalue weighted by Crippen LogP contribution is 2.32. The van der Waals surface area contributed by atoms with Gasteiger partial charge in [-0.15, -0.1) is 6.42 Å². The molecule has 4 rings (SSSR count). The first kappa shape index (κ1) is 22.2. The van der Waals surface area contributed by atoms with E-state index < -0.39 is 0 Å². The number of aromatic nitrogens is 2. The molecule has 0 saturated heterocycles. The molecule has 0 saturated carbocycles. The van der Waals surface area contributed by atoms with Gasteiger partial charge in [0.1, 0.15) is 18.1 Å². The number of benzene rings is 3. The molecule has 0 unspecified atom stereocenters. The second-order valence-corrected chi connectivity index (χ2v) is 7.93. The van der Waals surface area contributed by atoms with Crippen molar-refractivity contribution in [1.29, 1.82) is 0 Å². The van der Waals surface area contributed by atoms with Crippen LogP contribution < -0.4 is 15.2 Å². The molecular formula is C28H26N2O3. The number of nitrogens with zero attached hydrogens (tertiary/aromatic N) is 2. The fourth-order valence-electron chi connectivity index (χ4n) is 3.82. The highest BCUT2D eigenvalue weighted by Gasteiger charge is 2.17. The van der Waals surface area contributed by atoms with E-state index in [1.807, 2.05) is 61.5 Å². The van der Waals surface area contributed by atoms with Gasteiger partial charge in [-0.3, -0.25) is 4.57 Å². The van der Waals surface area contributed by atoms with Gasteiger partial charge in [0.15, 0.2) is 0 Å². The van der Waals surface area contributed by atoms with Crippen molar-refractivity contribution < 1.29 is 9.47 Å². The Morgan fingerprint density at radius 1 is 1.03 bits per heavy atom. The molecule has 0 fully saturated rings. The Labute approximate surface area is 193 Å². The maximum Gasteiger partial charge on any atom is 0.353 e. The zero-order valence-electron chi connectivity index (χ0n) is 19.0. The lowest BCUT2D eigenvalue weighted by molar-refractivity contribution is 0.339. The van der Waals surface area contributed by atoms with Gasteiger partial charge >= 0.3 is 5.69 Å². The molecule has 33 heavy (non-hydrogen) atoms. The van der Waals surface area contributed by atoms with Crippen molar-refractivity contribution >= 4 is 10.9 Å². The minimum atomic E-state index is -0.380. The van der Waals surface area contributed by atoms with Crippen LogP contribution in [0.2, 0.25) is 0 Å². The van der Waals surface area contributed by atoms with Crippen LogP contribution >= 0.6 is 0 Å². The van der Waals surface area contributed by atoms with Gasteiger partial charge in [-0.05, 0) is 48.7 Å². The predicted octanol–water partition coefficient (Wildman–Crippen LogP) is 5.59. The summed E-state index contributed by atoms with van der Waals surface area (Å²) in [7, 11) is 0. The molecular weight excluding hydrogens is 412 g/mol. The number of rotatable bonds is 7. The average Bonchev–Trinajstić information content (AvgIpc) is 2.83. The van der Waals surface area contributed by atoms with E-state index in [1.165, 1.54) is 5.56 Å². The van der Waals surface area contributed by atoms with E-state index in [2.05, 4.69) is 36.9 Å². The molecule has 1 heterocycles. The quantitative estimate of drug-likeness (QED) is 0.353. The molecule has 0 radical (unpaired) electrons. The summed E-state index contributed by atoms with van der Waals surface area (Å²) in [6.07, 6.45) is 5.37. The molecule has 5 nitrogen and oxygen atoms in total. The molecule has 0 atom stereocenters.